The summed E-state index contributed by atoms with van der Waals surface area (Å²) in [7, 11) is 0. The van der Waals surface area contributed by atoms with Crippen LogP contribution in [0, 0.1) is 0 Å². The number of piperidine rings is 1. The molecule has 0 bridgehead atoms. The molecule has 0 radical (unpaired) electrons. The maximum Gasteiger partial charge on any atom is 0.120 e. The third-order valence-corrected chi connectivity index (χ3v) is 3.69. The molecule has 2 rings (SSSR count). The van der Waals surface area contributed by atoms with Crippen LogP contribution in [-0.2, 0) is 4.74 Å². The van der Waals surface area contributed by atoms with Gasteiger partial charge in [-0.05, 0) is 31.0 Å². The minimum absolute atomic E-state index is 0.105. The first kappa shape index (κ1) is 15.6. The van der Waals surface area contributed by atoms with Crippen molar-refractivity contribution in [2.45, 2.75) is 18.9 Å². The van der Waals surface area contributed by atoms with E-state index in [4.69, 9.17) is 26.2 Å². The molecule has 112 valence electrons. The molecule has 0 amide bonds. The number of benzene rings is 1. The summed E-state index contributed by atoms with van der Waals surface area (Å²) in [5.74, 6) is 0.818. The molecule has 1 saturated heterocycles. The Balaban J connectivity index is 1.61. The van der Waals surface area contributed by atoms with E-state index in [0.717, 1.165) is 38.2 Å². The Morgan fingerprint density at radius 3 is 2.75 bits per heavy atom. The summed E-state index contributed by atoms with van der Waals surface area (Å²) in [5.41, 5.74) is 0. The molecule has 0 saturated carbocycles. The van der Waals surface area contributed by atoms with Crippen LogP contribution in [0.2, 0.25) is 5.02 Å². The Morgan fingerprint density at radius 1 is 1.25 bits per heavy atom. The van der Waals surface area contributed by atoms with Crippen molar-refractivity contribution in [1.82, 2.24) is 4.90 Å². The molecule has 0 unspecified atom stereocenters. The second kappa shape index (κ2) is 8.47. The number of rotatable bonds is 7. The summed E-state index contributed by atoms with van der Waals surface area (Å²) in [6, 6.07) is 7.48. The van der Waals surface area contributed by atoms with Gasteiger partial charge in [-0.2, -0.15) is 0 Å². The van der Waals surface area contributed by atoms with Gasteiger partial charge in [-0.3, -0.25) is 4.90 Å². The van der Waals surface area contributed by atoms with E-state index in [1.165, 1.54) is 0 Å². The van der Waals surface area contributed by atoms with Crippen LogP contribution < -0.4 is 4.74 Å². The van der Waals surface area contributed by atoms with Gasteiger partial charge in [0.05, 0.1) is 19.3 Å². The molecule has 1 aliphatic rings. The highest BCUT2D eigenvalue weighted by Gasteiger charge is 2.19. The summed E-state index contributed by atoms with van der Waals surface area (Å²) >= 11 is 5.91. The van der Waals surface area contributed by atoms with Crippen molar-refractivity contribution in [2.75, 3.05) is 39.5 Å². The standard InChI is InChI=1S/C15H22ClNO3/c16-13-2-1-3-15(12-13)19-10-8-17-6-4-14(5-7-17)20-11-9-18/h1-3,12,14,18H,4-11H2. The van der Waals surface area contributed by atoms with Gasteiger partial charge in [0.2, 0.25) is 0 Å². The van der Waals surface area contributed by atoms with Gasteiger partial charge in [0, 0.05) is 24.7 Å². The molecule has 4 nitrogen and oxygen atoms in total. The third-order valence-electron chi connectivity index (χ3n) is 3.45. The predicted octanol–water partition coefficient (Wildman–Crippen LogP) is 2.19. The first-order valence-electron chi connectivity index (χ1n) is 7.11. The van der Waals surface area contributed by atoms with E-state index in [2.05, 4.69) is 4.90 Å². The van der Waals surface area contributed by atoms with E-state index in [1.807, 2.05) is 24.3 Å². The van der Waals surface area contributed by atoms with Gasteiger partial charge in [0.25, 0.3) is 0 Å². The summed E-state index contributed by atoms with van der Waals surface area (Å²) in [6.07, 6.45) is 2.35. The van der Waals surface area contributed by atoms with Gasteiger partial charge < -0.3 is 14.6 Å². The highest BCUT2D eigenvalue weighted by molar-refractivity contribution is 6.30. The largest absolute Gasteiger partial charge is 0.492 e. The Bertz CT molecular complexity index is 394. The van der Waals surface area contributed by atoms with Crippen LogP contribution >= 0.6 is 11.6 Å². The minimum atomic E-state index is 0.105. The molecule has 1 N–H and O–H groups in total. The van der Waals surface area contributed by atoms with Crippen molar-refractivity contribution in [3.63, 3.8) is 0 Å². The second-order valence-electron chi connectivity index (χ2n) is 4.94. The zero-order valence-electron chi connectivity index (χ0n) is 11.6. The fraction of sp³-hybridized carbons (Fsp3) is 0.600. The lowest BCUT2D eigenvalue weighted by Gasteiger charge is -2.31. The van der Waals surface area contributed by atoms with Gasteiger partial charge >= 0.3 is 0 Å². The topological polar surface area (TPSA) is 41.9 Å². The molecule has 5 heteroatoms. The van der Waals surface area contributed by atoms with Gasteiger partial charge in [-0.1, -0.05) is 17.7 Å². The number of halogens is 1. The Labute approximate surface area is 125 Å². The van der Waals surface area contributed by atoms with Crippen molar-refractivity contribution < 1.29 is 14.6 Å². The predicted molar refractivity (Wildman–Crippen MR) is 79.4 cm³/mol. The molecule has 1 aliphatic heterocycles. The van der Waals surface area contributed by atoms with Crippen LogP contribution in [0.1, 0.15) is 12.8 Å². The van der Waals surface area contributed by atoms with Crippen molar-refractivity contribution >= 4 is 11.6 Å². The van der Waals surface area contributed by atoms with Crippen molar-refractivity contribution in [3.8, 4) is 5.75 Å². The number of ether oxygens (including phenoxy) is 2. The lowest BCUT2D eigenvalue weighted by molar-refractivity contribution is -0.00923. The van der Waals surface area contributed by atoms with Gasteiger partial charge in [0.1, 0.15) is 12.4 Å². The van der Waals surface area contributed by atoms with E-state index in [0.29, 0.717) is 24.3 Å². The van der Waals surface area contributed by atoms with E-state index in [-0.39, 0.29) is 6.61 Å². The number of hydrogen-bond donors (Lipinski definition) is 1. The molecule has 1 aromatic rings. The zero-order valence-corrected chi connectivity index (χ0v) is 12.4. The smallest absolute Gasteiger partial charge is 0.120 e. The van der Waals surface area contributed by atoms with Crippen LogP contribution in [0.15, 0.2) is 24.3 Å². The van der Waals surface area contributed by atoms with E-state index in [1.54, 1.807) is 0 Å². The lowest BCUT2D eigenvalue weighted by Crippen LogP contribution is -2.39. The number of nitrogens with zero attached hydrogens (tertiary/aromatic N) is 1. The van der Waals surface area contributed by atoms with Gasteiger partial charge in [0.15, 0.2) is 0 Å². The molecular weight excluding hydrogens is 278 g/mol. The molecule has 1 fully saturated rings. The number of aliphatic hydroxyl groups excluding tert-OH is 1. The first-order valence-corrected chi connectivity index (χ1v) is 7.49. The Kier molecular flexibility index (Phi) is 6.60. The normalized spacial score (nSPS) is 17.3. The van der Waals surface area contributed by atoms with Crippen LogP contribution in [0.5, 0.6) is 5.75 Å². The number of aliphatic hydroxyl groups is 1. The van der Waals surface area contributed by atoms with Gasteiger partial charge in [-0.25, -0.2) is 0 Å². The summed E-state index contributed by atoms with van der Waals surface area (Å²) in [4.78, 5) is 2.38. The molecule has 0 atom stereocenters. The highest BCUT2D eigenvalue weighted by Crippen LogP contribution is 2.17. The van der Waals surface area contributed by atoms with Crippen molar-refractivity contribution in [2.24, 2.45) is 0 Å². The second-order valence-corrected chi connectivity index (χ2v) is 5.38. The average Bonchev–Trinajstić information content (AvgIpc) is 2.46. The molecule has 0 aliphatic carbocycles. The first-order chi connectivity index (χ1) is 9.78. The van der Waals surface area contributed by atoms with Crippen LogP contribution in [0.25, 0.3) is 0 Å². The quantitative estimate of drug-likeness (QED) is 0.838. The minimum Gasteiger partial charge on any atom is -0.492 e. The molecular formula is C15H22ClNO3. The van der Waals surface area contributed by atoms with E-state index < -0.39 is 0 Å². The molecule has 0 spiro atoms. The SMILES string of the molecule is OCCOC1CCN(CCOc2cccc(Cl)c2)CC1. The molecule has 1 heterocycles. The van der Waals surface area contributed by atoms with Crippen molar-refractivity contribution in [1.29, 1.82) is 0 Å². The maximum atomic E-state index is 8.73. The van der Waals surface area contributed by atoms with Crippen LogP contribution in [0.3, 0.4) is 0 Å². The number of hydrogen-bond acceptors (Lipinski definition) is 4. The monoisotopic (exact) mass is 299 g/mol. The van der Waals surface area contributed by atoms with Crippen molar-refractivity contribution in [3.05, 3.63) is 29.3 Å². The summed E-state index contributed by atoms with van der Waals surface area (Å²) in [5, 5.41) is 9.43. The Morgan fingerprint density at radius 2 is 2.05 bits per heavy atom. The highest BCUT2D eigenvalue weighted by atomic mass is 35.5. The van der Waals surface area contributed by atoms with Gasteiger partial charge in [-0.15, -0.1) is 0 Å². The summed E-state index contributed by atoms with van der Waals surface area (Å²) < 4.78 is 11.2. The van der Waals surface area contributed by atoms with Crippen LogP contribution in [0.4, 0.5) is 0 Å². The Hall–Kier alpha value is -0.810. The average molecular weight is 300 g/mol. The van der Waals surface area contributed by atoms with E-state index >= 15 is 0 Å². The lowest BCUT2D eigenvalue weighted by atomic mass is 10.1. The number of likely N-dealkylation sites (tertiary alicyclic amines) is 1. The third kappa shape index (κ3) is 5.29. The maximum absolute atomic E-state index is 8.73. The summed E-state index contributed by atoms with van der Waals surface area (Å²) in [6.45, 7) is 4.18. The molecule has 0 aromatic heterocycles. The fourth-order valence-electron chi connectivity index (χ4n) is 2.37. The molecule has 20 heavy (non-hydrogen) atoms. The van der Waals surface area contributed by atoms with Crippen LogP contribution in [-0.4, -0.2) is 55.6 Å². The fourth-order valence-corrected chi connectivity index (χ4v) is 2.55. The van der Waals surface area contributed by atoms with E-state index in [9.17, 15) is 0 Å². The molecule has 1 aromatic carbocycles. The zero-order chi connectivity index (χ0) is 14.2.